The number of aryl methyl sites for hydroxylation is 4. The van der Waals surface area contributed by atoms with Crippen LogP contribution < -0.4 is 11.5 Å². The molecular weight excluding hydrogens is 556 g/mol. The molecule has 8 nitrogen and oxygen atoms in total. The molecule has 0 saturated heterocycles. The number of carbonyl (C=O) groups is 2. The average molecular weight is 597 g/mol. The van der Waals surface area contributed by atoms with E-state index in [4.69, 9.17) is 30.4 Å². The Morgan fingerprint density at radius 2 is 0.864 bits per heavy atom. The molecular formula is C36H40N2O6. The summed E-state index contributed by atoms with van der Waals surface area (Å²) < 4.78 is 22.9. The van der Waals surface area contributed by atoms with Crippen LogP contribution in [0.5, 0.6) is 0 Å². The van der Waals surface area contributed by atoms with Crippen molar-refractivity contribution in [3.05, 3.63) is 142 Å². The van der Waals surface area contributed by atoms with Crippen LogP contribution in [0.25, 0.3) is 0 Å². The SMILES string of the molecule is Cc1cc(C)cc(CO[C@@](N)(COC(=O)C(=O)OC[C@](N)(OCc2cc(C)cc(C)c2)c2ccccc2)c2ccccc2)c1. The molecule has 2 atom stereocenters. The lowest BCUT2D eigenvalue weighted by Crippen LogP contribution is -2.47. The molecule has 230 valence electrons. The summed E-state index contributed by atoms with van der Waals surface area (Å²) in [6, 6.07) is 30.1. The third-order valence-electron chi connectivity index (χ3n) is 7.08. The van der Waals surface area contributed by atoms with Gasteiger partial charge < -0.3 is 18.9 Å². The van der Waals surface area contributed by atoms with Gasteiger partial charge >= 0.3 is 11.9 Å². The van der Waals surface area contributed by atoms with Crippen LogP contribution in [0.2, 0.25) is 0 Å². The summed E-state index contributed by atoms with van der Waals surface area (Å²) in [5, 5.41) is 0. The van der Waals surface area contributed by atoms with Gasteiger partial charge in [-0.1, -0.05) is 119 Å². The molecule has 0 aliphatic carbocycles. The first-order valence-corrected chi connectivity index (χ1v) is 14.4. The number of esters is 2. The normalized spacial score (nSPS) is 13.9. The van der Waals surface area contributed by atoms with Gasteiger partial charge in [-0.15, -0.1) is 0 Å². The monoisotopic (exact) mass is 596 g/mol. The largest absolute Gasteiger partial charge is 0.452 e. The highest BCUT2D eigenvalue weighted by Gasteiger charge is 2.35. The van der Waals surface area contributed by atoms with E-state index in [-0.39, 0.29) is 13.2 Å². The van der Waals surface area contributed by atoms with E-state index in [0.717, 1.165) is 33.4 Å². The highest BCUT2D eigenvalue weighted by molar-refractivity contribution is 6.29. The van der Waals surface area contributed by atoms with E-state index >= 15 is 0 Å². The Bertz CT molecular complexity index is 1420. The molecule has 0 fully saturated rings. The van der Waals surface area contributed by atoms with Gasteiger partial charge in [-0.05, 0) is 38.8 Å². The number of ether oxygens (including phenoxy) is 4. The highest BCUT2D eigenvalue weighted by Crippen LogP contribution is 2.25. The van der Waals surface area contributed by atoms with Crippen LogP contribution in [0.15, 0.2) is 97.1 Å². The summed E-state index contributed by atoms with van der Waals surface area (Å²) in [6.45, 7) is 7.48. The lowest BCUT2D eigenvalue weighted by atomic mass is 10.0. The van der Waals surface area contributed by atoms with E-state index in [2.05, 4.69) is 12.1 Å². The molecule has 0 bridgehead atoms. The lowest BCUT2D eigenvalue weighted by Gasteiger charge is -2.30. The minimum Gasteiger partial charge on any atom is -0.452 e. The second-order valence-corrected chi connectivity index (χ2v) is 11.2. The van der Waals surface area contributed by atoms with Crippen molar-refractivity contribution in [1.29, 1.82) is 0 Å². The number of hydrogen-bond acceptors (Lipinski definition) is 8. The first kappa shape index (κ1) is 32.6. The minimum absolute atomic E-state index is 0.167. The third-order valence-corrected chi connectivity index (χ3v) is 7.08. The Morgan fingerprint density at radius 3 is 1.18 bits per heavy atom. The van der Waals surface area contributed by atoms with Crippen molar-refractivity contribution in [3.8, 4) is 0 Å². The standard InChI is InChI=1S/C36H40N2O6/c1-25-15-26(2)18-29(17-25)21-43-35(37,31-11-7-5-8-12-31)23-41-33(39)34(40)42-24-36(38,32-13-9-6-10-14-32)44-22-30-19-27(3)16-28(4)20-30/h5-20H,21-24,37-38H2,1-4H3/t35-,36-/m0/s1. The maximum atomic E-state index is 12.8. The van der Waals surface area contributed by atoms with Crippen molar-refractivity contribution >= 4 is 11.9 Å². The van der Waals surface area contributed by atoms with Crippen molar-refractivity contribution < 1.29 is 28.5 Å². The van der Waals surface area contributed by atoms with Gasteiger partial charge in [-0.25, -0.2) is 9.59 Å². The quantitative estimate of drug-likeness (QED) is 0.127. The zero-order valence-corrected chi connectivity index (χ0v) is 25.7. The van der Waals surface area contributed by atoms with Gasteiger partial charge in [0, 0.05) is 11.1 Å². The number of nitrogens with two attached hydrogens (primary N) is 2. The van der Waals surface area contributed by atoms with Crippen molar-refractivity contribution in [3.63, 3.8) is 0 Å². The Balaban J connectivity index is 1.42. The summed E-state index contributed by atoms with van der Waals surface area (Å²) in [5.41, 5.74) is 17.6. The molecule has 4 N–H and O–H groups in total. The topological polar surface area (TPSA) is 123 Å². The zero-order chi connectivity index (χ0) is 31.7. The Morgan fingerprint density at radius 1 is 0.545 bits per heavy atom. The number of hydrogen-bond donors (Lipinski definition) is 2. The molecule has 8 heteroatoms. The molecule has 0 spiro atoms. The smallest absolute Gasteiger partial charge is 0.417 e. The second kappa shape index (κ2) is 14.4. The molecule has 4 rings (SSSR count). The third kappa shape index (κ3) is 8.84. The molecule has 0 saturated carbocycles. The van der Waals surface area contributed by atoms with Crippen LogP contribution >= 0.6 is 0 Å². The first-order valence-electron chi connectivity index (χ1n) is 14.4. The molecule has 44 heavy (non-hydrogen) atoms. The molecule has 4 aromatic rings. The van der Waals surface area contributed by atoms with Gasteiger partial charge in [0.1, 0.15) is 13.2 Å². The molecule has 4 aromatic carbocycles. The Hall–Kier alpha value is -4.34. The van der Waals surface area contributed by atoms with Crippen LogP contribution in [0.3, 0.4) is 0 Å². The number of carbonyl (C=O) groups excluding carboxylic acids is 2. The van der Waals surface area contributed by atoms with Crippen LogP contribution in [0, 0.1) is 27.7 Å². The fraction of sp³-hybridized carbons (Fsp3) is 0.278. The van der Waals surface area contributed by atoms with Crippen LogP contribution in [-0.4, -0.2) is 25.2 Å². The maximum Gasteiger partial charge on any atom is 0.417 e. The maximum absolute atomic E-state index is 12.8. The van der Waals surface area contributed by atoms with E-state index in [1.165, 1.54) is 0 Å². The summed E-state index contributed by atoms with van der Waals surface area (Å²) in [5.74, 6) is -2.45. The molecule has 0 amide bonds. The van der Waals surface area contributed by atoms with Crippen molar-refractivity contribution in [1.82, 2.24) is 0 Å². The molecule has 0 heterocycles. The zero-order valence-electron chi connectivity index (χ0n) is 25.7. The van der Waals surface area contributed by atoms with E-state index in [1.54, 1.807) is 48.5 Å². The Labute approximate surface area is 258 Å². The van der Waals surface area contributed by atoms with Gasteiger partial charge in [0.25, 0.3) is 0 Å². The van der Waals surface area contributed by atoms with Gasteiger partial charge in [0.15, 0.2) is 11.4 Å². The Kier molecular flexibility index (Phi) is 10.7. The first-order chi connectivity index (χ1) is 21.0. The number of benzene rings is 4. The van der Waals surface area contributed by atoms with Gasteiger partial charge in [0.2, 0.25) is 0 Å². The molecule has 0 aliphatic rings. The second-order valence-electron chi connectivity index (χ2n) is 11.2. The summed E-state index contributed by atoms with van der Waals surface area (Å²) in [6.07, 6.45) is 0. The van der Waals surface area contributed by atoms with Gasteiger partial charge in [0.05, 0.1) is 13.2 Å². The molecule has 0 radical (unpaired) electrons. The molecule has 0 unspecified atom stereocenters. The summed E-state index contributed by atoms with van der Waals surface area (Å²) in [7, 11) is 0. The summed E-state index contributed by atoms with van der Waals surface area (Å²) >= 11 is 0. The number of rotatable bonds is 12. The lowest BCUT2D eigenvalue weighted by molar-refractivity contribution is -0.181. The van der Waals surface area contributed by atoms with Gasteiger partial charge in [-0.2, -0.15) is 0 Å². The van der Waals surface area contributed by atoms with Gasteiger partial charge in [-0.3, -0.25) is 11.5 Å². The van der Waals surface area contributed by atoms with E-state index < -0.39 is 36.6 Å². The van der Waals surface area contributed by atoms with Crippen molar-refractivity contribution in [2.45, 2.75) is 52.4 Å². The van der Waals surface area contributed by atoms with Crippen LogP contribution in [0.1, 0.15) is 44.5 Å². The van der Waals surface area contributed by atoms with Crippen LogP contribution in [0.4, 0.5) is 0 Å². The van der Waals surface area contributed by atoms with E-state index in [9.17, 15) is 9.59 Å². The van der Waals surface area contributed by atoms with Crippen LogP contribution in [-0.2, 0) is 53.2 Å². The predicted molar refractivity (Wildman–Crippen MR) is 168 cm³/mol. The highest BCUT2D eigenvalue weighted by atomic mass is 16.6. The fourth-order valence-electron chi connectivity index (χ4n) is 5.05. The van der Waals surface area contributed by atoms with E-state index in [1.807, 2.05) is 64.1 Å². The minimum atomic E-state index is -1.52. The average Bonchev–Trinajstić information content (AvgIpc) is 3.00. The van der Waals surface area contributed by atoms with Crippen molar-refractivity contribution in [2.24, 2.45) is 11.5 Å². The summed E-state index contributed by atoms with van der Waals surface area (Å²) in [4.78, 5) is 25.6. The fourth-order valence-corrected chi connectivity index (χ4v) is 5.05. The van der Waals surface area contributed by atoms with E-state index in [0.29, 0.717) is 11.1 Å². The molecule has 0 aromatic heterocycles. The predicted octanol–water partition coefficient (Wildman–Crippen LogP) is 5.36. The molecule has 0 aliphatic heterocycles. The van der Waals surface area contributed by atoms with Crippen molar-refractivity contribution in [2.75, 3.05) is 13.2 Å².